The number of aryl methyl sites for hydroxylation is 6. The van der Waals surface area contributed by atoms with Crippen molar-refractivity contribution in [2.45, 2.75) is 71.8 Å². The van der Waals surface area contributed by atoms with E-state index in [9.17, 15) is 19.8 Å². The Labute approximate surface area is 241 Å². The quantitative estimate of drug-likeness (QED) is 0.209. The number of carboxylic acids is 1. The monoisotopic (exact) mass is 563 g/mol. The molecule has 2 aromatic heterocycles. The number of anilines is 1. The van der Waals surface area contributed by atoms with Crippen LogP contribution in [-0.4, -0.2) is 67.7 Å². The van der Waals surface area contributed by atoms with Crippen molar-refractivity contribution in [3.05, 3.63) is 75.2 Å². The van der Waals surface area contributed by atoms with E-state index in [1.165, 1.54) is 10.6 Å². The molecule has 1 atom stereocenters. The second-order valence-electron chi connectivity index (χ2n) is 10.9. The number of nitrogens with one attached hydrogen (secondary N) is 1. The van der Waals surface area contributed by atoms with E-state index in [2.05, 4.69) is 16.5 Å². The standard InChI is InChI=1S/C31H41N5O5/c1-20-16-23(19-26-18-22(3)34-35(26)4)17-21(2)28(20)31(40)41-36(27(12-15-37)30(38)39)14-6-5-9-25-11-10-24-8-7-13-32-29(24)33-25/h10-11,16-18,27,37H,5-9,12-15,19H2,1-4H3,(H,32,33)(H,38,39)/t27-/m0/s1. The average molecular weight is 564 g/mol. The van der Waals surface area contributed by atoms with Crippen LogP contribution in [0.3, 0.4) is 0 Å². The number of aliphatic hydroxyl groups is 1. The van der Waals surface area contributed by atoms with E-state index in [1.807, 2.05) is 56.8 Å². The molecule has 3 aromatic rings. The normalized spacial score (nSPS) is 13.5. The van der Waals surface area contributed by atoms with E-state index in [-0.39, 0.29) is 19.6 Å². The number of hydroxylamine groups is 2. The summed E-state index contributed by atoms with van der Waals surface area (Å²) in [5, 5.41) is 28.3. The number of aliphatic hydroxyl groups excluding tert-OH is 1. The minimum Gasteiger partial charge on any atom is -0.480 e. The summed E-state index contributed by atoms with van der Waals surface area (Å²) in [5.41, 5.74) is 7.19. The second-order valence-corrected chi connectivity index (χ2v) is 10.9. The number of unbranched alkanes of at least 4 members (excludes halogenated alkanes) is 1. The smallest absolute Gasteiger partial charge is 0.357 e. The van der Waals surface area contributed by atoms with Gasteiger partial charge in [-0.05, 0) is 93.7 Å². The van der Waals surface area contributed by atoms with Crippen LogP contribution in [0.5, 0.6) is 0 Å². The molecule has 0 unspecified atom stereocenters. The van der Waals surface area contributed by atoms with Crippen molar-refractivity contribution in [3.8, 4) is 0 Å². The van der Waals surface area contributed by atoms with Gasteiger partial charge >= 0.3 is 11.9 Å². The number of carbonyl (C=O) groups excluding carboxylic acids is 1. The summed E-state index contributed by atoms with van der Waals surface area (Å²) in [7, 11) is 1.91. The third-order valence-electron chi connectivity index (χ3n) is 7.53. The van der Waals surface area contributed by atoms with Crippen LogP contribution in [0.1, 0.15) is 75.4 Å². The number of aliphatic carboxylic acids is 1. The summed E-state index contributed by atoms with van der Waals surface area (Å²) >= 11 is 0. The maximum atomic E-state index is 13.4. The van der Waals surface area contributed by atoms with Gasteiger partial charge in [-0.2, -0.15) is 5.10 Å². The maximum Gasteiger partial charge on any atom is 0.357 e. The van der Waals surface area contributed by atoms with Crippen LogP contribution in [0.15, 0.2) is 30.3 Å². The highest BCUT2D eigenvalue weighted by Gasteiger charge is 2.30. The zero-order valence-corrected chi connectivity index (χ0v) is 24.4. The molecule has 10 heteroatoms. The summed E-state index contributed by atoms with van der Waals surface area (Å²) in [6, 6.07) is 8.96. The maximum absolute atomic E-state index is 13.4. The van der Waals surface area contributed by atoms with Gasteiger partial charge in [-0.3, -0.25) is 9.48 Å². The van der Waals surface area contributed by atoms with Crippen molar-refractivity contribution in [2.75, 3.05) is 25.0 Å². The lowest BCUT2D eigenvalue weighted by atomic mass is 9.97. The SMILES string of the molecule is Cc1cc(Cc2cc(C)c(C(=O)ON(CCCCc3ccc4c(n3)NCCC4)[C@@H](CCO)C(=O)O)c(C)c2)n(C)n1. The van der Waals surface area contributed by atoms with E-state index >= 15 is 0 Å². The lowest BCUT2D eigenvalue weighted by Crippen LogP contribution is -2.44. The Kier molecular flexibility index (Phi) is 10.1. The van der Waals surface area contributed by atoms with Gasteiger partial charge < -0.3 is 20.4 Å². The third kappa shape index (κ3) is 7.71. The van der Waals surface area contributed by atoms with Gasteiger partial charge in [0.05, 0.1) is 11.3 Å². The molecule has 0 saturated heterocycles. The predicted octanol–water partition coefficient (Wildman–Crippen LogP) is 3.92. The van der Waals surface area contributed by atoms with Gasteiger partial charge in [0.25, 0.3) is 0 Å². The third-order valence-corrected chi connectivity index (χ3v) is 7.53. The van der Waals surface area contributed by atoms with Crippen molar-refractivity contribution in [3.63, 3.8) is 0 Å². The largest absolute Gasteiger partial charge is 0.480 e. The molecule has 0 radical (unpaired) electrons. The molecule has 4 rings (SSSR count). The first-order valence-electron chi connectivity index (χ1n) is 14.3. The molecule has 1 aliphatic rings. The van der Waals surface area contributed by atoms with Crippen molar-refractivity contribution in [1.29, 1.82) is 0 Å². The van der Waals surface area contributed by atoms with Crippen LogP contribution < -0.4 is 5.32 Å². The molecule has 1 aliphatic heterocycles. The summed E-state index contributed by atoms with van der Waals surface area (Å²) in [5.74, 6) is -0.801. The number of carbonyl (C=O) groups is 2. The van der Waals surface area contributed by atoms with Gasteiger partial charge in [0.15, 0.2) is 0 Å². The first-order chi connectivity index (χ1) is 19.7. The topological polar surface area (TPSA) is 130 Å². The first kappa shape index (κ1) is 30.2. The van der Waals surface area contributed by atoms with Gasteiger partial charge in [-0.15, -0.1) is 5.06 Å². The predicted molar refractivity (Wildman–Crippen MR) is 156 cm³/mol. The van der Waals surface area contributed by atoms with Gasteiger partial charge in [0.1, 0.15) is 11.9 Å². The van der Waals surface area contributed by atoms with Crippen LogP contribution in [0.4, 0.5) is 5.82 Å². The van der Waals surface area contributed by atoms with Gasteiger partial charge in [-0.1, -0.05) is 18.2 Å². The van der Waals surface area contributed by atoms with Gasteiger partial charge in [0, 0.05) is 44.6 Å². The zero-order chi connectivity index (χ0) is 29.5. The fourth-order valence-electron chi connectivity index (χ4n) is 5.53. The first-order valence-corrected chi connectivity index (χ1v) is 14.3. The molecule has 3 N–H and O–H groups in total. The molecule has 1 aromatic carbocycles. The van der Waals surface area contributed by atoms with Crippen molar-refractivity contribution in [1.82, 2.24) is 19.8 Å². The molecule has 3 heterocycles. The number of nitrogens with zero attached hydrogens (tertiary/aromatic N) is 4. The number of rotatable bonds is 13. The fraction of sp³-hybridized carbons (Fsp3) is 0.484. The molecule has 0 aliphatic carbocycles. The van der Waals surface area contributed by atoms with Gasteiger partial charge in [0.2, 0.25) is 0 Å². The van der Waals surface area contributed by atoms with Crippen molar-refractivity contribution in [2.24, 2.45) is 7.05 Å². The molecule has 0 amide bonds. The fourth-order valence-corrected chi connectivity index (χ4v) is 5.53. The van der Waals surface area contributed by atoms with Crippen LogP contribution in [0.2, 0.25) is 0 Å². The Morgan fingerprint density at radius 2 is 1.90 bits per heavy atom. The lowest BCUT2D eigenvalue weighted by Gasteiger charge is -2.27. The molecule has 41 heavy (non-hydrogen) atoms. The van der Waals surface area contributed by atoms with E-state index in [1.54, 1.807) is 0 Å². The number of aromatic nitrogens is 3. The number of benzene rings is 1. The summed E-state index contributed by atoms with van der Waals surface area (Å²) < 4.78 is 1.85. The molecule has 0 fully saturated rings. The molecule has 0 saturated carbocycles. The van der Waals surface area contributed by atoms with Crippen LogP contribution in [0, 0.1) is 20.8 Å². The average Bonchev–Trinajstić information content (AvgIpc) is 3.24. The van der Waals surface area contributed by atoms with E-state index in [4.69, 9.17) is 9.82 Å². The van der Waals surface area contributed by atoms with Gasteiger partial charge in [-0.25, -0.2) is 9.78 Å². The second kappa shape index (κ2) is 13.7. The van der Waals surface area contributed by atoms with E-state index in [0.29, 0.717) is 18.4 Å². The Morgan fingerprint density at radius 3 is 2.56 bits per heavy atom. The summed E-state index contributed by atoms with van der Waals surface area (Å²) in [4.78, 5) is 35.9. The molecule has 0 bridgehead atoms. The number of fused-ring (bicyclic) bond motifs is 1. The summed E-state index contributed by atoms with van der Waals surface area (Å²) in [6.07, 6.45) is 4.82. The molecule has 220 valence electrons. The van der Waals surface area contributed by atoms with Crippen molar-refractivity contribution >= 4 is 17.8 Å². The highest BCUT2D eigenvalue weighted by atomic mass is 16.7. The minimum absolute atomic E-state index is 0.0539. The van der Waals surface area contributed by atoms with E-state index < -0.39 is 18.0 Å². The van der Waals surface area contributed by atoms with E-state index in [0.717, 1.165) is 71.8 Å². The molecular weight excluding hydrogens is 522 g/mol. The number of pyridine rings is 1. The number of carboxylic acid groups (broad SMARTS) is 1. The Bertz CT molecular complexity index is 1360. The van der Waals surface area contributed by atoms with Crippen LogP contribution in [-0.2, 0) is 35.9 Å². The number of hydrogen-bond donors (Lipinski definition) is 3. The Hall–Kier alpha value is -3.76. The van der Waals surface area contributed by atoms with Crippen LogP contribution in [0.25, 0.3) is 0 Å². The summed E-state index contributed by atoms with van der Waals surface area (Å²) in [6.45, 7) is 6.48. The highest BCUT2D eigenvalue weighted by molar-refractivity contribution is 5.92. The Morgan fingerprint density at radius 1 is 1.15 bits per heavy atom. The zero-order valence-electron chi connectivity index (χ0n) is 24.4. The minimum atomic E-state index is -1.15. The molecular formula is C31H41N5O5. The van der Waals surface area contributed by atoms with Crippen LogP contribution >= 0.6 is 0 Å². The highest BCUT2D eigenvalue weighted by Crippen LogP contribution is 2.23. The molecule has 10 nitrogen and oxygen atoms in total. The van der Waals surface area contributed by atoms with Crippen molar-refractivity contribution < 1.29 is 24.6 Å². The Balaban J connectivity index is 1.43. The number of hydrogen-bond acceptors (Lipinski definition) is 8. The molecule has 0 spiro atoms. The lowest BCUT2D eigenvalue weighted by molar-refractivity contribution is -0.174.